The lowest BCUT2D eigenvalue weighted by Crippen LogP contribution is -2.36. The van der Waals surface area contributed by atoms with E-state index >= 15 is 0 Å². The Labute approximate surface area is 123 Å². The third-order valence-corrected chi connectivity index (χ3v) is 8.79. The average Bonchev–Trinajstić information content (AvgIpc) is 3.05. The third-order valence-electron chi connectivity index (χ3n) is 4.82. The molecule has 2 aliphatic carbocycles. The van der Waals surface area contributed by atoms with E-state index < -0.39 is 8.07 Å². The zero-order valence-electron chi connectivity index (χ0n) is 12.8. The number of allylic oxidation sites excluding steroid dienone is 5. The lowest BCUT2D eigenvalue weighted by atomic mass is 10.1. The Morgan fingerprint density at radius 1 is 1.15 bits per heavy atom. The van der Waals surface area contributed by atoms with Crippen LogP contribution in [-0.4, -0.2) is 8.07 Å². The van der Waals surface area contributed by atoms with Crippen molar-refractivity contribution < 1.29 is 0 Å². The lowest BCUT2D eigenvalue weighted by Gasteiger charge is -2.32. The van der Waals surface area contributed by atoms with Crippen LogP contribution < -0.4 is 0 Å². The normalized spacial score (nSPS) is 20.9. The molecule has 1 atom stereocenters. The van der Waals surface area contributed by atoms with Crippen LogP contribution in [0.5, 0.6) is 0 Å². The molecule has 0 fully saturated rings. The van der Waals surface area contributed by atoms with Crippen LogP contribution in [0.3, 0.4) is 0 Å². The molecule has 2 aliphatic rings. The van der Waals surface area contributed by atoms with Gasteiger partial charge in [0.1, 0.15) is 0 Å². The average molecular weight is 280 g/mol. The van der Waals surface area contributed by atoms with Crippen LogP contribution in [0.25, 0.3) is 6.08 Å². The van der Waals surface area contributed by atoms with Crippen LogP contribution >= 0.6 is 0 Å². The fraction of sp³-hybridized carbons (Fsp3) is 0.368. The fourth-order valence-corrected chi connectivity index (χ4v) is 7.44. The Bertz CT molecular complexity index is 602. The quantitative estimate of drug-likeness (QED) is 0.626. The minimum Gasteiger partial charge on any atom is -0.0812 e. The highest BCUT2D eigenvalue weighted by Gasteiger charge is 2.39. The first-order chi connectivity index (χ1) is 9.64. The van der Waals surface area contributed by atoms with E-state index in [1.165, 1.54) is 18.4 Å². The molecule has 0 saturated carbocycles. The fourth-order valence-electron chi connectivity index (χ4n) is 3.79. The zero-order chi connectivity index (χ0) is 14.2. The summed E-state index contributed by atoms with van der Waals surface area (Å²) >= 11 is 0. The summed E-state index contributed by atoms with van der Waals surface area (Å²) in [6, 6.07) is 8.92. The molecular formula is C19H24Si. The maximum absolute atomic E-state index is 2.55. The molecule has 1 unspecified atom stereocenters. The van der Waals surface area contributed by atoms with Crippen LogP contribution in [0, 0.1) is 0 Å². The van der Waals surface area contributed by atoms with Gasteiger partial charge in [0, 0.05) is 5.54 Å². The molecule has 0 nitrogen and oxygen atoms in total. The summed E-state index contributed by atoms with van der Waals surface area (Å²) in [6.07, 6.45) is 13.4. The van der Waals surface area contributed by atoms with Crippen molar-refractivity contribution in [3.8, 4) is 0 Å². The SMILES string of the molecule is CCCC1=CCC=C1[Si](C)(C)C1C=Cc2ccccc21. The predicted octanol–water partition coefficient (Wildman–Crippen LogP) is 5.64. The van der Waals surface area contributed by atoms with E-state index in [1.807, 2.05) is 0 Å². The van der Waals surface area contributed by atoms with Crippen molar-refractivity contribution in [2.45, 2.75) is 44.8 Å². The largest absolute Gasteiger partial charge is 0.0919 e. The summed E-state index contributed by atoms with van der Waals surface area (Å²) in [6.45, 7) is 7.38. The van der Waals surface area contributed by atoms with Gasteiger partial charge in [-0.2, -0.15) is 0 Å². The van der Waals surface area contributed by atoms with Gasteiger partial charge in [-0.1, -0.05) is 85.8 Å². The van der Waals surface area contributed by atoms with E-state index in [4.69, 9.17) is 0 Å². The Kier molecular flexibility index (Phi) is 3.55. The van der Waals surface area contributed by atoms with Gasteiger partial charge in [0.2, 0.25) is 0 Å². The third kappa shape index (κ3) is 2.14. The molecule has 3 rings (SSSR count). The first kappa shape index (κ1) is 13.6. The summed E-state index contributed by atoms with van der Waals surface area (Å²) in [7, 11) is -1.48. The van der Waals surface area contributed by atoms with Crippen molar-refractivity contribution in [2.75, 3.05) is 0 Å². The molecule has 1 aromatic carbocycles. The maximum atomic E-state index is 2.55. The molecule has 1 aromatic rings. The molecule has 1 heteroatoms. The van der Waals surface area contributed by atoms with Gasteiger partial charge < -0.3 is 0 Å². The first-order valence-corrected chi connectivity index (χ1v) is 10.9. The van der Waals surface area contributed by atoms with E-state index in [-0.39, 0.29) is 0 Å². The van der Waals surface area contributed by atoms with Gasteiger partial charge in [-0.3, -0.25) is 0 Å². The van der Waals surface area contributed by atoms with E-state index in [0.717, 1.165) is 6.42 Å². The first-order valence-electron chi connectivity index (χ1n) is 7.81. The minimum absolute atomic E-state index is 0.642. The van der Waals surface area contributed by atoms with E-state index in [2.05, 4.69) is 68.6 Å². The molecule has 0 N–H and O–H groups in total. The Morgan fingerprint density at radius 2 is 1.95 bits per heavy atom. The van der Waals surface area contributed by atoms with Crippen LogP contribution in [0.1, 0.15) is 42.9 Å². The number of rotatable bonds is 4. The van der Waals surface area contributed by atoms with Gasteiger partial charge in [-0.05, 0) is 24.0 Å². The predicted molar refractivity (Wildman–Crippen MR) is 91.4 cm³/mol. The summed E-state index contributed by atoms with van der Waals surface area (Å²) in [5, 5.41) is 1.71. The second-order valence-electron chi connectivity index (χ2n) is 6.52. The number of fused-ring (bicyclic) bond motifs is 1. The van der Waals surface area contributed by atoms with Gasteiger partial charge in [-0.25, -0.2) is 0 Å². The summed E-state index contributed by atoms with van der Waals surface area (Å²) < 4.78 is 0. The van der Waals surface area contributed by atoms with Gasteiger partial charge in [-0.15, -0.1) is 0 Å². The minimum atomic E-state index is -1.48. The Morgan fingerprint density at radius 3 is 2.75 bits per heavy atom. The van der Waals surface area contributed by atoms with Crippen molar-refractivity contribution in [3.05, 3.63) is 64.4 Å². The van der Waals surface area contributed by atoms with E-state index in [9.17, 15) is 0 Å². The molecular weight excluding hydrogens is 256 g/mol. The van der Waals surface area contributed by atoms with Gasteiger partial charge >= 0.3 is 0 Å². The Hall–Kier alpha value is -1.34. The maximum Gasteiger partial charge on any atom is 0.0919 e. The van der Waals surface area contributed by atoms with Crippen LogP contribution in [0.4, 0.5) is 0 Å². The van der Waals surface area contributed by atoms with E-state index in [1.54, 1.807) is 16.3 Å². The van der Waals surface area contributed by atoms with Crippen LogP contribution in [-0.2, 0) is 0 Å². The Balaban J connectivity index is 1.94. The highest BCUT2D eigenvalue weighted by Crippen LogP contribution is 2.43. The van der Waals surface area contributed by atoms with Crippen LogP contribution in [0.2, 0.25) is 13.1 Å². The highest BCUT2D eigenvalue weighted by atomic mass is 28.3. The molecule has 0 bridgehead atoms. The topological polar surface area (TPSA) is 0 Å². The second-order valence-corrected chi connectivity index (χ2v) is 11.1. The van der Waals surface area contributed by atoms with Crippen molar-refractivity contribution in [2.24, 2.45) is 0 Å². The molecule has 0 radical (unpaired) electrons. The van der Waals surface area contributed by atoms with E-state index in [0.29, 0.717) is 5.54 Å². The second kappa shape index (κ2) is 5.21. The molecule has 20 heavy (non-hydrogen) atoms. The molecule has 0 amide bonds. The molecule has 104 valence electrons. The molecule has 0 aliphatic heterocycles. The lowest BCUT2D eigenvalue weighted by molar-refractivity contribution is 0.920. The monoisotopic (exact) mass is 280 g/mol. The van der Waals surface area contributed by atoms with Crippen molar-refractivity contribution >= 4 is 14.1 Å². The van der Waals surface area contributed by atoms with Crippen molar-refractivity contribution in [3.63, 3.8) is 0 Å². The smallest absolute Gasteiger partial charge is 0.0812 e. The van der Waals surface area contributed by atoms with Gasteiger partial charge in [0.05, 0.1) is 8.07 Å². The zero-order valence-corrected chi connectivity index (χ0v) is 13.8. The molecule has 0 saturated heterocycles. The molecule has 0 aromatic heterocycles. The highest BCUT2D eigenvalue weighted by molar-refractivity contribution is 6.87. The summed E-state index contributed by atoms with van der Waals surface area (Å²) in [5.74, 6) is 0. The summed E-state index contributed by atoms with van der Waals surface area (Å²) in [5.41, 5.74) is 5.26. The molecule has 0 heterocycles. The number of hydrogen-bond acceptors (Lipinski definition) is 0. The number of benzene rings is 1. The summed E-state index contributed by atoms with van der Waals surface area (Å²) in [4.78, 5) is 0. The van der Waals surface area contributed by atoms with Crippen molar-refractivity contribution in [1.29, 1.82) is 0 Å². The standard InChI is InChI=1S/C19H24Si/c1-4-8-16-10-7-12-18(16)20(2,3)19-14-13-15-9-5-6-11-17(15)19/h5-6,9-14,19H,4,7-8H2,1-3H3. The van der Waals surface area contributed by atoms with Crippen molar-refractivity contribution in [1.82, 2.24) is 0 Å². The number of hydrogen-bond donors (Lipinski definition) is 0. The van der Waals surface area contributed by atoms with Gasteiger partial charge in [0.15, 0.2) is 0 Å². The van der Waals surface area contributed by atoms with Gasteiger partial charge in [0.25, 0.3) is 0 Å². The van der Waals surface area contributed by atoms with Crippen LogP contribution in [0.15, 0.2) is 53.3 Å². The molecule has 0 spiro atoms.